The number of fused-ring (bicyclic) bond motifs is 1. The van der Waals surface area contributed by atoms with Crippen LogP contribution in [0, 0.1) is 0 Å². The molecule has 0 fully saturated rings. The molecule has 1 atom stereocenters. The molecule has 0 saturated heterocycles. The van der Waals surface area contributed by atoms with Gasteiger partial charge in [-0.15, -0.1) is 0 Å². The Morgan fingerprint density at radius 1 is 1.43 bits per heavy atom. The fourth-order valence-corrected chi connectivity index (χ4v) is 2.42. The number of benzene rings is 1. The molecule has 2 N–H and O–H groups in total. The Morgan fingerprint density at radius 3 is 2.86 bits per heavy atom. The molecule has 0 aromatic heterocycles. The lowest BCUT2D eigenvalue weighted by Crippen LogP contribution is -2.29. The maximum atomic E-state index is 6.07. The van der Waals surface area contributed by atoms with Crippen LogP contribution < -0.4 is 5.73 Å². The Labute approximate surface area is 90.3 Å². The van der Waals surface area contributed by atoms with Gasteiger partial charge in [0, 0.05) is 11.1 Å². The third kappa shape index (κ3) is 1.55. The van der Waals surface area contributed by atoms with E-state index in [1.807, 2.05) is 6.07 Å². The van der Waals surface area contributed by atoms with Gasteiger partial charge < -0.3 is 5.73 Å². The summed E-state index contributed by atoms with van der Waals surface area (Å²) in [5, 5.41) is 0.811. The van der Waals surface area contributed by atoms with E-state index in [4.69, 9.17) is 17.3 Å². The van der Waals surface area contributed by atoms with Gasteiger partial charge in [0.05, 0.1) is 0 Å². The number of halogens is 1. The highest BCUT2D eigenvalue weighted by atomic mass is 35.5. The molecule has 2 heteroatoms. The van der Waals surface area contributed by atoms with Gasteiger partial charge in [-0.25, -0.2) is 0 Å². The van der Waals surface area contributed by atoms with E-state index in [1.54, 1.807) is 0 Å². The lowest BCUT2D eigenvalue weighted by atomic mass is 9.71. The molecule has 1 aromatic carbocycles. The van der Waals surface area contributed by atoms with Crippen molar-refractivity contribution in [1.82, 2.24) is 0 Å². The lowest BCUT2D eigenvalue weighted by molar-refractivity contribution is 0.396. The number of nitrogens with two attached hydrogens (primary N) is 1. The number of hydrogen-bond acceptors (Lipinski definition) is 1. The van der Waals surface area contributed by atoms with Crippen molar-refractivity contribution in [2.75, 3.05) is 0 Å². The minimum absolute atomic E-state index is 0.190. The Morgan fingerprint density at radius 2 is 2.14 bits per heavy atom. The summed E-state index contributed by atoms with van der Waals surface area (Å²) < 4.78 is 0. The molecular formula is C12H16ClN. The molecule has 1 unspecified atom stereocenters. The van der Waals surface area contributed by atoms with E-state index in [2.05, 4.69) is 26.0 Å². The molecule has 0 amide bonds. The minimum Gasteiger partial charge on any atom is -0.324 e. The van der Waals surface area contributed by atoms with Gasteiger partial charge in [-0.2, -0.15) is 0 Å². The van der Waals surface area contributed by atoms with E-state index >= 15 is 0 Å². The van der Waals surface area contributed by atoms with Crippen LogP contribution in [0.1, 0.15) is 43.9 Å². The Kier molecular flexibility index (Phi) is 2.32. The molecule has 76 valence electrons. The second kappa shape index (κ2) is 3.25. The van der Waals surface area contributed by atoms with Crippen LogP contribution in [0.3, 0.4) is 0 Å². The highest BCUT2D eigenvalue weighted by Gasteiger charge is 2.30. The summed E-state index contributed by atoms with van der Waals surface area (Å²) in [7, 11) is 0. The molecule has 0 heterocycles. The van der Waals surface area contributed by atoms with Crippen molar-refractivity contribution in [2.24, 2.45) is 5.73 Å². The van der Waals surface area contributed by atoms with Crippen LogP contribution in [0.2, 0.25) is 5.02 Å². The molecule has 2 rings (SSSR count). The van der Waals surface area contributed by atoms with Crippen LogP contribution in [0.5, 0.6) is 0 Å². The summed E-state index contributed by atoms with van der Waals surface area (Å²) in [6.07, 6.45) is 2.21. The van der Waals surface area contributed by atoms with Crippen molar-refractivity contribution in [3.63, 3.8) is 0 Å². The Hall–Kier alpha value is -0.530. The fraction of sp³-hybridized carbons (Fsp3) is 0.500. The zero-order chi connectivity index (χ0) is 10.3. The van der Waals surface area contributed by atoms with Crippen molar-refractivity contribution in [2.45, 2.75) is 38.1 Å². The molecule has 1 aromatic rings. The van der Waals surface area contributed by atoms with Crippen molar-refractivity contribution >= 4 is 11.6 Å². The summed E-state index contributed by atoms with van der Waals surface area (Å²) in [4.78, 5) is 0. The van der Waals surface area contributed by atoms with Crippen molar-refractivity contribution < 1.29 is 0 Å². The van der Waals surface area contributed by atoms with Crippen molar-refractivity contribution in [3.8, 4) is 0 Å². The molecule has 0 aliphatic heterocycles. The third-order valence-electron chi connectivity index (χ3n) is 3.22. The highest BCUT2D eigenvalue weighted by molar-refractivity contribution is 6.30. The second-order valence-electron chi connectivity index (χ2n) is 4.76. The number of hydrogen-bond donors (Lipinski definition) is 1. The van der Waals surface area contributed by atoms with Crippen LogP contribution in [0.25, 0.3) is 0 Å². The zero-order valence-electron chi connectivity index (χ0n) is 8.68. The van der Waals surface area contributed by atoms with E-state index in [0.717, 1.165) is 17.9 Å². The van der Waals surface area contributed by atoms with E-state index < -0.39 is 0 Å². The topological polar surface area (TPSA) is 26.0 Å². The molecule has 0 bridgehead atoms. The summed E-state index contributed by atoms with van der Waals surface area (Å²) in [6.45, 7) is 4.52. The van der Waals surface area contributed by atoms with Gasteiger partial charge in [-0.1, -0.05) is 31.5 Å². The molecule has 0 radical (unpaired) electrons. The molecule has 0 saturated carbocycles. The number of rotatable bonds is 0. The van der Waals surface area contributed by atoms with Crippen LogP contribution >= 0.6 is 11.6 Å². The molecular weight excluding hydrogens is 194 g/mol. The Balaban J connectivity index is 2.58. The smallest absolute Gasteiger partial charge is 0.0409 e. The first kappa shape index (κ1) is 10.0. The van der Waals surface area contributed by atoms with Crippen LogP contribution in [0.15, 0.2) is 18.2 Å². The van der Waals surface area contributed by atoms with Gasteiger partial charge >= 0.3 is 0 Å². The van der Waals surface area contributed by atoms with E-state index in [1.165, 1.54) is 11.1 Å². The van der Waals surface area contributed by atoms with Gasteiger partial charge in [0.1, 0.15) is 0 Å². The van der Waals surface area contributed by atoms with Gasteiger partial charge in [0.15, 0.2) is 0 Å². The molecule has 1 aliphatic rings. The quantitative estimate of drug-likeness (QED) is 0.696. The highest BCUT2D eigenvalue weighted by Crippen LogP contribution is 2.41. The SMILES string of the molecule is CC1(C)CCC(N)c2ccc(Cl)cc21. The van der Waals surface area contributed by atoms with Crippen LogP contribution in [-0.2, 0) is 5.41 Å². The summed E-state index contributed by atoms with van der Waals surface area (Å²) in [5.41, 5.74) is 8.88. The fourth-order valence-electron chi connectivity index (χ4n) is 2.24. The van der Waals surface area contributed by atoms with E-state index in [-0.39, 0.29) is 11.5 Å². The Bertz CT molecular complexity index is 357. The summed E-state index contributed by atoms with van der Waals surface area (Å²) in [6, 6.07) is 6.26. The first-order chi connectivity index (χ1) is 6.50. The predicted octanol–water partition coefficient (Wildman–Crippen LogP) is 3.41. The first-order valence-corrected chi connectivity index (χ1v) is 5.44. The van der Waals surface area contributed by atoms with Gasteiger partial charge in [0.2, 0.25) is 0 Å². The normalized spacial score (nSPS) is 24.4. The predicted molar refractivity (Wildman–Crippen MR) is 60.6 cm³/mol. The van der Waals surface area contributed by atoms with Gasteiger partial charge in [-0.3, -0.25) is 0 Å². The van der Waals surface area contributed by atoms with E-state index in [9.17, 15) is 0 Å². The largest absolute Gasteiger partial charge is 0.324 e. The maximum absolute atomic E-state index is 6.07. The monoisotopic (exact) mass is 209 g/mol. The van der Waals surface area contributed by atoms with Gasteiger partial charge in [-0.05, 0) is 41.5 Å². The minimum atomic E-state index is 0.190. The second-order valence-corrected chi connectivity index (χ2v) is 5.20. The lowest BCUT2D eigenvalue weighted by Gasteiger charge is -2.35. The third-order valence-corrected chi connectivity index (χ3v) is 3.46. The molecule has 1 nitrogen and oxygen atoms in total. The molecule has 1 aliphatic carbocycles. The molecule has 0 spiro atoms. The first-order valence-electron chi connectivity index (χ1n) is 5.06. The molecule has 14 heavy (non-hydrogen) atoms. The zero-order valence-corrected chi connectivity index (χ0v) is 9.43. The summed E-state index contributed by atoms with van der Waals surface area (Å²) in [5.74, 6) is 0. The van der Waals surface area contributed by atoms with Gasteiger partial charge in [0.25, 0.3) is 0 Å². The van der Waals surface area contributed by atoms with Crippen LogP contribution in [0.4, 0.5) is 0 Å². The maximum Gasteiger partial charge on any atom is 0.0409 e. The van der Waals surface area contributed by atoms with Crippen molar-refractivity contribution in [3.05, 3.63) is 34.3 Å². The van der Waals surface area contributed by atoms with Crippen LogP contribution in [-0.4, -0.2) is 0 Å². The van der Waals surface area contributed by atoms with E-state index in [0.29, 0.717) is 0 Å². The van der Waals surface area contributed by atoms with Crippen molar-refractivity contribution in [1.29, 1.82) is 0 Å². The summed E-state index contributed by atoms with van der Waals surface area (Å²) >= 11 is 6.01. The standard InChI is InChI=1S/C12H16ClN/c1-12(2)6-5-11(14)9-4-3-8(13)7-10(9)12/h3-4,7,11H,5-6,14H2,1-2H3. The average molecular weight is 210 g/mol. The average Bonchev–Trinajstić information content (AvgIpc) is 2.12.